The average Bonchev–Trinajstić information content (AvgIpc) is 3.54. The van der Waals surface area contributed by atoms with Crippen molar-refractivity contribution in [2.75, 3.05) is 35.0 Å². The number of aliphatic hydroxyl groups is 1. The highest BCUT2D eigenvalue weighted by atomic mass is 16.5. The van der Waals surface area contributed by atoms with E-state index in [9.17, 15) is 14.7 Å². The number of carbonyl (C=O) groups excluding carboxylic acids is 2. The van der Waals surface area contributed by atoms with E-state index < -0.39 is 23.5 Å². The number of hydrogen-bond donors (Lipinski definition) is 1. The topological polar surface area (TPSA) is 108 Å². The van der Waals surface area contributed by atoms with Crippen molar-refractivity contribution in [2.24, 2.45) is 0 Å². The Hall–Kier alpha value is -4.40. The number of amides is 1. The van der Waals surface area contributed by atoms with Crippen LogP contribution in [0.5, 0.6) is 23.0 Å². The lowest BCUT2D eigenvalue weighted by molar-refractivity contribution is -0.129. The molecule has 1 amide bonds. The second-order valence-corrected chi connectivity index (χ2v) is 8.02. The van der Waals surface area contributed by atoms with Gasteiger partial charge < -0.3 is 33.4 Å². The maximum atomic E-state index is 13.4. The van der Waals surface area contributed by atoms with Crippen molar-refractivity contribution in [3.63, 3.8) is 0 Å². The fourth-order valence-corrected chi connectivity index (χ4v) is 4.31. The van der Waals surface area contributed by atoms with E-state index in [1.165, 1.54) is 31.4 Å². The van der Waals surface area contributed by atoms with E-state index in [0.717, 1.165) is 5.56 Å². The van der Waals surface area contributed by atoms with Gasteiger partial charge >= 0.3 is 0 Å². The van der Waals surface area contributed by atoms with Crippen LogP contribution in [0.25, 0.3) is 0 Å². The van der Waals surface area contributed by atoms with Gasteiger partial charge in [-0.25, -0.2) is 0 Å². The molecule has 1 aliphatic rings. The number of ketones is 1. The van der Waals surface area contributed by atoms with E-state index in [1.807, 2.05) is 12.1 Å². The van der Waals surface area contributed by atoms with Crippen LogP contribution in [0.3, 0.4) is 0 Å². The third-order valence-electron chi connectivity index (χ3n) is 6.12. The van der Waals surface area contributed by atoms with Crippen LogP contribution in [0, 0.1) is 0 Å². The molecule has 0 aliphatic carbocycles. The molecular weight excluding hydrogens is 466 g/mol. The third kappa shape index (κ3) is 4.47. The molecule has 1 N–H and O–H groups in total. The van der Waals surface area contributed by atoms with Gasteiger partial charge in [0.2, 0.25) is 5.78 Å². The number of benzene rings is 2. The summed E-state index contributed by atoms with van der Waals surface area (Å²) < 4.78 is 26.8. The summed E-state index contributed by atoms with van der Waals surface area (Å²) in [5, 5.41) is 10.9. The van der Waals surface area contributed by atoms with Gasteiger partial charge in [-0.15, -0.1) is 0 Å². The van der Waals surface area contributed by atoms with Gasteiger partial charge in [-0.05, 0) is 48.4 Å². The summed E-state index contributed by atoms with van der Waals surface area (Å²) in [6.07, 6.45) is 1.79. The van der Waals surface area contributed by atoms with E-state index in [-0.39, 0.29) is 17.9 Å². The third-order valence-corrected chi connectivity index (χ3v) is 6.12. The van der Waals surface area contributed by atoms with Crippen LogP contribution < -0.4 is 18.9 Å². The number of nitrogens with zero attached hydrogens (tertiary/aromatic N) is 1. The van der Waals surface area contributed by atoms with Crippen LogP contribution in [-0.4, -0.2) is 56.7 Å². The summed E-state index contributed by atoms with van der Waals surface area (Å²) in [5.41, 5.74) is 1.33. The lowest BCUT2D eigenvalue weighted by Crippen LogP contribution is -2.33. The highest BCUT2D eigenvalue weighted by Gasteiger charge is 2.45. The Bertz CT molecular complexity index is 1300. The summed E-state index contributed by atoms with van der Waals surface area (Å²) in [6.45, 7) is 0.202. The number of aliphatic hydroxyl groups excluding tert-OH is 1. The SMILES string of the molecule is COc1ccc([C@H]2C(C(=O)c3ccco3)=C(O)C(=O)N2CCc2ccc(OC)c(OC)c2)c(OC)c1. The molecular formula is C27H27NO8. The van der Waals surface area contributed by atoms with Gasteiger partial charge in [0.15, 0.2) is 23.0 Å². The summed E-state index contributed by atoms with van der Waals surface area (Å²) >= 11 is 0. The summed E-state index contributed by atoms with van der Waals surface area (Å²) in [5.74, 6) is 0.258. The van der Waals surface area contributed by atoms with Gasteiger partial charge in [-0.2, -0.15) is 0 Å². The summed E-state index contributed by atoms with van der Waals surface area (Å²) in [4.78, 5) is 28.1. The molecule has 0 spiro atoms. The summed E-state index contributed by atoms with van der Waals surface area (Å²) in [7, 11) is 6.12. The number of Topliss-reactive ketones (excluding diaryl/α,β-unsaturated/α-hetero) is 1. The highest BCUT2D eigenvalue weighted by molar-refractivity contribution is 6.15. The monoisotopic (exact) mass is 493 g/mol. The van der Waals surface area contributed by atoms with Crippen molar-refractivity contribution in [1.82, 2.24) is 4.90 Å². The lowest BCUT2D eigenvalue weighted by atomic mass is 9.94. The Morgan fingerprint density at radius 1 is 0.944 bits per heavy atom. The fourth-order valence-electron chi connectivity index (χ4n) is 4.31. The standard InChI is InChI=1S/C27H27NO8/c1-32-17-8-9-18(21(15-17)34-3)24-23(25(29)20-6-5-13-36-20)26(30)27(31)28(24)12-11-16-7-10-19(33-2)22(14-16)35-4/h5-10,13-15,24,30H,11-12H2,1-4H3/t24-/m0/s1. The molecule has 9 heteroatoms. The van der Waals surface area contributed by atoms with Crippen LogP contribution in [0.4, 0.5) is 0 Å². The van der Waals surface area contributed by atoms with Gasteiger partial charge in [-0.1, -0.05) is 6.07 Å². The van der Waals surface area contributed by atoms with Gasteiger partial charge in [-0.3, -0.25) is 9.59 Å². The van der Waals surface area contributed by atoms with E-state index in [1.54, 1.807) is 44.6 Å². The molecule has 4 rings (SSSR count). The lowest BCUT2D eigenvalue weighted by Gasteiger charge is -2.28. The van der Waals surface area contributed by atoms with Crippen molar-refractivity contribution in [3.05, 3.63) is 83.0 Å². The Morgan fingerprint density at radius 2 is 1.69 bits per heavy atom. The number of carbonyl (C=O) groups is 2. The number of furan rings is 1. The second-order valence-electron chi connectivity index (χ2n) is 8.02. The van der Waals surface area contributed by atoms with Gasteiger partial charge in [0.1, 0.15) is 11.5 Å². The Balaban J connectivity index is 1.74. The first-order chi connectivity index (χ1) is 17.4. The van der Waals surface area contributed by atoms with Crippen molar-refractivity contribution < 1.29 is 38.1 Å². The Labute approximate surface area is 208 Å². The molecule has 0 saturated heterocycles. The normalized spacial score (nSPS) is 15.3. The zero-order valence-corrected chi connectivity index (χ0v) is 20.4. The van der Waals surface area contributed by atoms with Crippen LogP contribution in [0.15, 0.2) is 70.5 Å². The van der Waals surface area contributed by atoms with E-state index in [0.29, 0.717) is 35.0 Å². The molecule has 2 aromatic carbocycles. The van der Waals surface area contributed by atoms with Crippen molar-refractivity contribution in [2.45, 2.75) is 12.5 Å². The largest absolute Gasteiger partial charge is 0.503 e. The van der Waals surface area contributed by atoms with Crippen molar-refractivity contribution in [3.8, 4) is 23.0 Å². The minimum atomic E-state index is -0.906. The molecule has 0 bridgehead atoms. The van der Waals surface area contributed by atoms with Gasteiger partial charge in [0, 0.05) is 18.2 Å². The molecule has 1 atom stereocenters. The number of ether oxygens (including phenoxy) is 4. The molecule has 0 fully saturated rings. The molecule has 3 aromatic rings. The van der Waals surface area contributed by atoms with Crippen LogP contribution >= 0.6 is 0 Å². The first-order valence-electron chi connectivity index (χ1n) is 11.2. The minimum absolute atomic E-state index is 0.0172. The highest BCUT2D eigenvalue weighted by Crippen LogP contribution is 2.43. The van der Waals surface area contributed by atoms with Crippen LogP contribution in [-0.2, 0) is 11.2 Å². The second kappa shape index (κ2) is 10.5. The molecule has 0 unspecified atom stereocenters. The number of hydrogen-bond acceptors (Lipinski definition) is 8. The molecule has 1 aromatic heterocycles. The quantitative estimate of drug-likeness (QED) is 0.420. The van der Waals surface area contributed by atoms with Crippen LogP contribution in [0.1, 0.15) is 27.7 Å². The van der Waals surface area contributed by atoms with Crippen molar-refractivity contribution in [1.29, 1.82) is 0 Å². The molecule has 36 heavy (non-hydrogen) atoms. The Morgan fingerprint density at radius 3 is 2.33 bits per heavy atom. The molecule has 2 heterocycles. The van der Waals surface area contributed by atoms with Crippen molar-refractivity contribution >= 4 is 11.7 Å². The maximum Gasteiger partial charge on any atom is 0.290 e. The zero-order valence-electron chi connectivity index (χ0n) is 20.4. The molecule has 0 saturated carbocycles. The maximum absolute atomic E-state index is 13.4. The van der Waals surface area contributed by atoms with E-state index in [4.69, 9.17) is 23.4 Å². The molecule has 188 valence electrons. The first kappa shape index (κ1) is 24.7. The summed E-state index contributed by atoms with van der Waals surface area (Å²) in [6, 6.07) is 12.7. The predicted molar refractivity (Wildman–Crippen MR) is 130 cm³/mol. The first-order valence-corrected chi connectivity index (χ1v) is 11.2. The number of methoxy groups -OCH3 is 4. The molecule has 1 aliphatic heterocycles. The van der Waals surface area contributed by atoms with Crippen LogP contribution in [0.2, 0.25) is 0 Å². The van der Waals surface area contributed by atoms with Gasteiger partial charge in [0.05, 0.1) is 46.3 Å². The smallest absolute Gasteiger partial charge is 0.290 e. The van der Waals surface area contributed by atoms with E-state index >= 15 is 0 Å². The fraction of sp³-hybridized carbons (Fsp3) is 0.259. The average molecular weight is 494 g/mol. The van der Waals surface area contributed by atoms with E-state index in [2.05, 4.69) is 0 Å². The predicted octanol–water partition coefficient (Wildman–Crippen LogP) is 4.14. The number of rotatable bonds is 10. The van der Waals surface area contributed by atoms with Gasteiger partial charge in [0.25, 0.3) is 5.91 Å². The molecule has 0 radical (unpaired) electrons. The minimum Gasteiger partial charge on any atom is -0.503 e. The molecule has 9 nitrogen and oxygen atoms in total. The zero-order chi connectivity index (χ0) is 25.8. The Kier molecular flexibility index (Phi) is 7.19.